The number of nitrogens with two attached hydrogens (primary N) is 1. The molecule has 0 radical (unpaired) electrons. The van der Waals surface area contributed by atoms with Gasteiger partial charge in [0.25, 0.3) is 0 Å². The molecule has 0 spiro atoms. The highest BCUT2D eigenvalue weighted by Gasteiger charge is 2.20. The van der Waals surface area contributed by atoms with Crippen molar-refractivity contribution < 1.29 is 4.74 Å². The maximum atomic E-state index is 5.66. The third-order valence-corrected chi connectivity index (χ3v) is 3.74. The summed E-state index contributed by atoms with van der Waals surface area (Å²) in [5.41, 5.74) is 7.85. The Balaban J connectivity index is 1.99. The van der Waals surface area contributed by atoms with Gasteiger partial charge in [-0.25, -0.2) is 4.98 Å². The van der Waals surface area contributed by atoms with E-state index in [1.807, 2.05) is 6.92 Å². The molecular formula is C14H23N3O. The van der Waals surface area contributed by atoms with E-state index in [1.54, 1.807) is 7.11 Å². The fourth-order valence-electron chi connectivity index (χ4n) is 2.53. The molecule has 0 bridgehead atoms. The van der Waals surface area contributed by atoms with E-state index in [0.717, 1.165) is 36.8 Å². The summed E-state index contributed by atoms with van der Waals surface area (Å²) >= 11 is 0. The van der Waals surface area contributed by atoms with E-state index in [1.165, 1.54) is 12.8 Å². The van der Waals surface area contributed by atoms with Gasteiger partial charge in [-0.15, -0.1) is 0 Å². The Morgan fingerprint density at radius 1 is 1.39 bits per heavy atom. The van der Waals surface area contributed by atoms with Crippen LogP contribution in [0.25, 0.3) is 0 Å². The van der Waals surface area contributed by atoms with Crippen molar-refractivity contribution in [2.45, 2.75) is 26.3 Å². The minimum absolute atomic E-state index is 0.565. The molecule has 1 aliphatic rings. The molecule has 2 rings (SSSR count). The first kappa shape index (κ1) is 13.3. The molecule has 2 N–H and O–H groups in total. The van der Waals surface area contributed by atoms with E-state index in [2.05, 4.69) is 22.0 Å². The highest BCUT2D eigenvalue weighted by Crippen LogP contribution is 2.22. The third kappa shape index (κ3) is 3.00. The molecule has 1 aromatic heterocycles. The Morgan fingerprint density at radius 3 is 2.67 bits per heavy atom. The van der Waals surface area contributed by atoms with E-state index < -0.39 is 0 Å². The summed E-state index contributed by atoms with van der Waals surface area (Å²) < 4.78 is 5.22. The zero-order valence-corrected chi connectivity index (χ0v) is 11.4. The maximum Gasteiger partial charge on any atom is 0.128 e. The van der Waals surface area contributed by atoms with Crippen LogP contribution in [0.3, 0.4) is 0 Å². The van der Waals surface area contributed by atoms with Crippen LogP contribution in [0, 0.1) is 12.8 Å². The Labute approximate surface area is 109 Å². The second-order valence-electron chi connectivity index (χ2n) is 5.00. The van der Waals surface area contributed by atoms with Gasteiger partial charge in [0.2, 0.25) is 0 Å². The smallest absolute Gasteiger partial charge is 0.128 e. The molecular weight excluding hydrogens is 226 g/mol. The van der Waals surface area contributed by atoms with Gasteiger partial charge in [0, 0.05) is 39.0 Å². The van der Waals surface area contributed by atoms with Crippen molar-refractivity contribution in [1.82, 2.24) is 4.98 Å². The van der Waals surface area contributed by atoms with Gasteiger partial charge in [-0.3, -0.25) is 0 Å². The fraction of sp³-hybridized carbons (Fsp3) is 0.643. The van der Waals surface area contributed by atoms with Crippen molar-refractivity contribution in [3.05, 3.63) is 23.4 Å². The fourth-order valence-corrected chi connectivity index (χ4v) is 2.53. The van der Waals surface area contributed by atoms with E-state index in [4.69, 9.17) is 10.5 Å². The third-order valence-electron chi connectivity index (χ3n) is 3.74. The molecule has 18 heavy (non-hydrogen) atoms. The first-order valence-corrected chi connectivity index (χ1v) is 6.65. The number of methoxy groups -OCH3 is 1. The molecule has 0 amide bonds. The van der Waals surface area contributed by atoms with Crippen molar-refractivity contribution >= 4 is 5.82 Å². The Bertz CT molecular complexity index is 387. The maximum absolute atomic E-state index is 5.66. The molecule has 1 saturated heterocycles. The molecule has 0 atom stereocenters. The lowest BCUT2D eigenvalue weighted by atomic mass is 9.98. The van der Waals surface area contributed by atoms with Crippen LogP contribution in [0.2, 0.25) is 0 Å². The number of anilines is 1. The minimum Gasteiger partial charge on any atom is -0.384 e. The van der Waals surface area contributed by atoms with Gasteiger partial charge in [-0.2, -0.15) is 0 Å². The molecule has 100 valence electrons. The van der Waals surface area contributed by atoms with E-state index in [0.29, 0.717) is 12.5 Å². The van der Waals surface area contributed by atoms with Gasteiger partial charge in [0.15, 0.2) is 0 Å². The number of hydrogen-bond acceptors (Lipinski definition) is 4. The van der Waals surface area contributed by atoms with Gasteiger partial charge in [-0.05, 0) is 37.3 Å². The van der Waals surface area contributed by atoms with E-state index in [9.17, 15) is 0 Å². The average Bonchev–Trinajstić information content (AvgIpc) is 2.40. The summed E-state index contributed by atoms with van der Waals surface area (Å²) in [6.45, 7) is 5.62. The van der Waals surface area contributed by atoms with Gasteiger partial charge >= 0.3 is 0 Å². The van der Waals surface area contributed by atoms with Gasteiger partial charge in [0.1, 0.15) is 5.82 Å². The predicted octanol–water partition coefficient (Wildman–Crippen LogP) is 1.71. The van der Waals surface area contributed by atoms with Gasteiger partial charge in [-0.1, -0.05) is 6.07 Å². The quantitative estimate of drug-likeness (QED) is 0.882. The van der Waals surface area contributed by atoms with Crippen molar-refractivity contribution in [3.8, 4) is 0 Å². The lowest BCUT2D eigenvalue weighted by molar-refractivity contribution is 0.139. The normalized spacial score (nSPS) is 17.2. The molecule has 2 heterocycles. The largest absolute Gasteiger partial charge is 0.384 e. The van der Waals surface area contributed by atoms with Crippen molar-refractivity contribution in [3.63, 3.8) is 0 Å². The van der Waals surface area contributed by atoms with Crippen LogP contribution in [0.1, 0.15) is 24.1 Å². The van der Waals surface area contributed by atoms with Crippen LogP contribution in [-0.4, -0.2) is 31.8 Å². The SMILES string of the molecule is COCC1CCN(c2ccc(CN)c(C)n2)CC1. The summed E-state index contributed by atoms with van der Waals surface area (Å²) in [6, 6.07) is 4.19. The summed E-state index contributed by atoms with van der Waals surface area (Å²) in [7, 11) is 1.78. The molecule has 1 aromatic rings. The Hall–Kier alpha value is -1.13. The topological polar surface area (TPSA) is 51.4 Å². The number of piperidine rings is 1. The van der Waals surface area contributed by atoms with E-state index >= 15 is 0 Å². The highest BCUT2D eigenvalue weighted by molar-refractivity contribution is 5.42. The molecule has 1 fully saturated rings. The molecule has 0 aliphatic carbocycles. The zero-order chi connectivity index (χ0) is 13.0. The second kappa shape index (κ2) is 6.16. The summed E-state index contributed by atoms with van der Waals surface area (Å²) in [6.07, 6.45) is 2.38. The molecule has 0 saturated carbocycles. The second-order valence-corrected chi connectivity index (χ2v) is 5.00. The molecule has 4 heteroatoms. The van der Waals surface area contributed by atoms with Crippen LogP contribution in [0.4, 0.5) is 5.82 Å². The van der Waals surface area contributed by atoms with Gasteiger partial charge < -0.3 is 15.4 Å². The van der Waals surface area contributed by atoms with E-state index in [-0.39, 0.29) is 0 Å². The van der Waals surface area contributed by atoms with Crippen LogP contribution < -0.4 is 10.6 Å². The van der Waals surface area contributed by atoms with Crippen LogP contribution in [-0.2, 0) is 11.3 Å². The van der Waals surface area contributed by atoms with Crippen LogP contribution >= 0.6 is 0 Å². The zero-order valence-electron chi connectivity index (χ0n) is 11.4. The molecule has 1 aliphatic heterocycles. The summed E-state index contributed by atoms with van der Waals surface area (Å²) in [5.74, 6) is 1.79. The number of pyridine rings is 1. The average molecular weight is 249 g/mol. The Morgan fingerprint density at radius 2 is 2.11 bits per heavy atom. The van der Waals surface area contributed by atoms with Crippen molar-refractivity contribution in [2.75, 3.05) is 31.7 Å². The summed E-state index contributed by atoms with van der Waals surface area (Å²) in [4.78, 5) is 7.01. The standard InChI is InChI=1S/C14H23N3O/c1-11-13(9-15)3-4-14(16-11)17-7-5-12(6-8-17)10-18-2/h3-4,12H,5-10,15H2,1-2H3. The first-order valence-electron chi connectivity index (χ1n) is 6.65. The molecule has 4 nitrogen and oxygen atoms in total. The number of aromatic nitrogens is 1. The van der Waals surface area contributed by atoms with Crippen molar-refractivity contribution in [1.29, 1.82) is 0 Å². The monoisotopic (exact) mass is 249 g/mol. The lowest BCUT2D eigenvalue weighted by Gasteiger charge is -2.32. The number of nitrogens with zero attached hydrogens (tertiary/aromatic N) is 2. The van der Waals surface area contributed by atoms with Crippen molar-refractivity contribution in [2.24, 2.45) is 11.7 Å². The number of aryl methyl sites for hydroxylation is 1. The number of hydrogen-bond donors (Lipinski definition) is 1. The van der Waals surface area contributed by atoms with Gasteiger partial charge in [0.05, 0.1) is 0 Å². The lowest BCUT2D eigenvalue weighted by Crippen LogP contribution is -2.35. The molecule has 0 aromatic carbocycles. The summed E-state index contributed by atoms with van der Waals surface area (Å²) in [5, 5.41) is 0. The number of rotatable bonds is 4. The minimum atomic E-state index is 0.565. The van der Waals surface area contributed by atoms with Crippen LogP contribution in [0.15, 0.2) is 12.1 Å². The molecule has 0 unspecified atom stereocenters. The first-order chi connectivity index (χ1) is 8.74. The number of ether oxygens (including phenoxy) is 1. The Kier molecular flexibility index (Phi) is 4.55. The predicted molar refractivity (Wildman–Crippen MR) is 73.7 cm³/mol. The van der Waals surface area contributed by atoms with Crippen LogP contribution in [0.5, 0.6) is 0 Å². The highest BCUT2D eigenvalue weighted by atomic mass is 16.5.